The minimum Gasteiger partial charge on any atom is -0.452 e. The van der Waals surface area contributed by atoms with Crippen molar-refractivity contribution < 1.29 is 14.3 Å². The van der Waals surface area contributed by atoms with Crippen molar-refractivity contribution in [1.29, 1.82) is 0 Å². The van der Waals surface area contributed by atoms with E-state index >= 15 is 0 Å². The molecular weight excluding hydrogens is 384 g/mol. The summed E-state index contributed by atoms with van der Waals surface area (Å²) in [7, 11) is 3.88. The van der Waals surface area contributed by atoms with E-state index in [1.54, 1.807) is 18.2 Å². The summed E-state index contributed by atoms with van der Waals surface area (Å²) in [4.78, 5) is 25.5. The number of nitrogens with one attached hydrogen (secondary N) is 1. The summed E-state index contributed by atoms with van der Waals surface area (Å²) in [5, 5.41) is 2.68. The fourth-order valence-corrected chi connectivity index (χ4v) is 2.42. The minimum atomic E-state index is -0.571. The van der Waals surface area contributed by atoms with E-state index in [4.69, 9.17) is 4.74 Å². The van der Waals surface area contributed by atoms with Gasteiger partial charge in [-0.3, -0.25) is 4.79 Å². The third kappa shape index (κ3) is 6.43. The van der Waals surface area contributed by atoms with Gasteiger partial charge in [0.05, 0.1) is 0 Å². The molecule has 25 heavy (non-hydrogen) atoms. The fraction of sp³-hybridized carbons (Fsp3) is 0.158. The van der Waals surface area contributed by atoms with Crippen LogP contribution in [-0.4, -0.2) is 32.6 Å². The molecule has 0 aromatic heterocycles. The lowest BCUT2D eigenvalue weighted by Crippen LogP contribution is -2.20. The number of benzene rings is 2. The zero-order chi connectivity index (χ0) is 18.2. The third-order valence-electron chi connectivity index (χ3n) is 3.27. The third-order valence-corrected chi connectivity index (χ3v) is 3.77. The van der Waals surface area contributed by atoms with E-state index in [0.29, 0.717) is 5.69 Å². The maximum absolute atomic E-state index is 11.8. The molecule has 0 aliphatic heterocycles. The average Bonchev–Trinajstić information content (AvgIpc) is 2.58. The Labute approximate surface area is 155 Å². The Bertz CT molecular complexity index is 770. The first-order chi connectivity index (χ1) is 11.9. The molecule has 2 aromatic carbocycles. The molecule has 6 heteroatoms. The maximum atomic E-state index is 11.8. The number of halogens is 1. The number of amides is 1. The van der Waals surface area contributed by atoms with Crippen molar-refractivity contribution in [1.82, 2.24) is 0 Å². The number of carbonyl (C=O) groups is 2. The summed E-state index contributed by atoms with van der Waals surface area (Å²) >= 11 is 3.36. The van der Waals surface area contributed by atoms with Gasteiger partial charge < -0.3 is 15.0 Å². The van der Waals surface area contributed by atoms with E-state index in [1.165, 1.54) is 6.08 Å². The largest absolute Gasteiger partial charge is 0.452 e. The van der Waals surface area contributed by atoms with E-state index in [9.17, 15) is 9.59 Å². The van der Waals surface area contributed by atoms with Gasteiger partial charge in [-0.05, 0) is 48.0 Å². The maximum Gasteiger partial charge on any atom is 0.331 e. The highest BCUT2D eigenvalue weighted by molar-refractivity contribution is 9.10. The second-order valence-corrected chi connectivity index (χ2v) is 6.40. The highest BCUT2D eigenvalue weighted by atomic mass is 79.9. The summed E-state index contributed by atoms with van der Waals surface area (Å²) in [6, 6.07) is 14.9. The van der Waals surface area contributed by atoms with Crippen LogP contribution in [0, 0.1) is 0 Å². The molecule has 0 heterocycles. The molecule has 0 aliphatic carbocycles. The molecule has 0 atom stereocenters. The van der Waals surface area contributed by atoms with Crippen LogP contribution >= 0.6 is 15.9 Å². The van der Waals surface area contributed by atoms with Gasteiger partial charge in [-0.25, -0.2) is 4.79 Å². The van der Waals surface area contributed by atoms with Crippen LogP contribution in [0.25, 0.3) is 6.08 Å². The molecule has 130 valence electrons. The molecule has 0 spiro atoms. The molecule has 5 nitrogen and oxygen atoms in total. The molecule has 2 rings (SSSR count). The summed E-state index contributed by atoms with van der Waals surface area (Å²) in [5.74, 6) is -0.958. The average molecular weight is 403 g/mol. The van der Waals surface area contributed by atoms with Gasteiger partial charge in [-0.1, -0.05) is 28.1 Å². The molecule has 0 aliphatic rings. The SMILES string of the molecule is CN(C)c1ccc(NC(=O)COC(=O)/C=C/c2cccc(Br)c2)cc1. The normalized spacial score (nSPS) is 10.5. The van der Waals surface area contributed by atoms with E-state index < -0.39 is 5.97 Å². The highest BCUT2D eigenvalue weighted by Gasteiger charge is 2.06. The monoisotopic (exact) mass is 402 g/mol. The van der Waals surface area contributed by atoms with Crippen molar-refractivity contribution >= 4 is 45.3 Å². The molecule has 0 saturated carbocycles. The first-order valence-electron chi connectivity index (χ1n) is 7.62. The fourth-order valence-electron chi connectivity index (χ4n) is 2.00. The Morgan fingerprint density at radius 1 is 1.16 bits per heavy atom. The zero-order valence-electron chi connectivity index (χ0n) is 14.0. The van der Waals surface area contributed by atoms with Crippen LogP contribution in [0.5, 0.6) is 0 Å². The van der Waals surface area contributed by atoms with Crippen molar-refractivity contribution in [2.45, 2.75) is 0 Å². The van der Waals surface area contributed by atoms with E-state index in [1.807, 2.05) is 55.4 Å². The van der Waals surface area contributed by atoms with Gasteiger partial charge >= 0.3 is 5.97 Å². The Morgan fingerprint density at radius 2 is 1.88 bits per heavy atom. The number of rotatable bonds is 6. The Hall–Kier alpha value is -2.60. The number of anilines is 2. The van der Waals surface area contributed by atoms with Crippen molar-refractivity contribution in [3.8, 4) is 0 Å². The number of carbonyl (C=O) groups excluding carboxylic acids is 2. The predicted octanol–water partition coefficient (Wildman–Crippen LogP) is 3.71. The van der Waals surface area contributed by atoms with Gasteiger partial charge in [0, 0.05) is 36.0 Å². The van der Waals surface area contributed by atoms with Crippen molar-refractivity contribution in [2.75, 3.05) is 30.9 Å². The molecule has 2 aromatic rings. The van der Waals surface area contributed by atoms with Crippen LogP contribution in [0.2, 0.25) is 0 Å². The number of hydrogen-bond donors (Lipinski definition) is 1. The molecule has 0 unspecified atom stereocenters. The van der Waals surface area contributed by atoms with Gasteiger partial charge in [0.25, 0.3) is 5.91 Å². The first-order valence-corrected chi connectivity index (χ1v) is 8.41. The molecule has 0 radical (unpaired) electrons. The van der Waals surface area contributed by atoms with Crippen LogP contribution in [0.3, 0.4) is 0 Å². The summed E-state index contributed by atoms with van der Waals surface area (Å²) in [5.41, 5.74) is 2.54. The molecule has 0 fully saturated rings. The Kier molecular flexibility index (Phi) is 6.77. The topological polar surface area (TPSA) is 58.6 Å². The number of esters is 1. The molecule has 0 bridgehead atoms. The van der Waals surface area contributed by atoms with Gasteiger partial charge in [-0.15, -0.1) is 0 Å². The lowest BCUT2D eigenvalue weighted by molar-refractivity contribution is -0.142. The van der Waals surface area contributed by atoms with Gasteiger partial charge in [-0.2, -0.15) is 0 Å². The molecule has 1 N–H and O–H groups in total. The lowest BCUT2D eigenvalue weighted by atomic mass is 10.2. The van der Waals surface area contributed by atoms with Crippen LogP contribution < -0.4 is 10.2 Å². The molecule has 0 saturated heterocycles. The van der Waals surface area contributed by atoms with E-state index in [0.717, 1.165) is 15.7 Å². The Balaban J connectivity index is 1.80. The summed E-state index contributed by atoms with van der Waals surface area (Å²) in [6.07, 6.45) is 2.92. The molecular formula is C19H19BrN2O3. The number of nitrogens with zero attached hydrogens (tertiary/aromatic N) is 1. The quantitative estimate of drug-likeness (QED) is 0.590. The summed E-state index contributed by atoms with van der Waals surface area (Å²) < 4.78 is 5.85. The summed E-state index contributed by atoms with van der Waals surface area (Å²) in [6.45, 7) is -0.336. The second kappa shape index (κ2) is 9.03. The van der Waals surface area contributed by atoms with Crippen LogP contribution in [-0.2, 0) is 14.3 Å². The van der Waals surface area contributed by atoms with Crippen molar-refractivity contribution in [2.24, 2.45) is 0 Å². The zero-order valence-corrected chi connectivity index (χ0v) is 15.6. The van der Waals surface area contributed by atoms with E-state index in [-0.39, 0.29) is 12.5 Å². The smallest absolute Gasteiger partial charge is 0.331 e. The van der Waals surface area contributed by atoms with Crippen LogP contribution in [0.15, 0.2) is 59.1 Å². The van der Waals surface area contributed by atoms with Gasteiger partial charge in [0.1, 0.15) is 0 Å². The van der Waals surface area contributed by atoms with E-state index in [2.05, 4.69) is 21.2 Å². The Morgan fingerprint density at radius 3 is 2.52 bits per heavy atom. The number of hydrogen-bond acceptors (Lipinski definition) is 4. The van der Waals surface area contributed by atoms with Crippen molar-refractivity contribution in [3.63, 3.8) is 0 Å². The lowest BCUT2D eigenvalue weighted by Gasteiger charge is -2.13. The van der Waals surface area contributed by atoms with Crippen LogP contribution in [0.4, 0.5) is 11.4 Å². The highest BCUT2D eigenvalue weighted by Crippen LogP contribution is 2.15. The predicted molar refractivity (Wildman–Crippen MR) is 104 cm³/mol. The van der Waals surface area contributed by atoms with Gasteiger partial charge in [0.2, 0.25) is 0 Å². The first kappa shape index (κ1) is 18.7. The second-order valence-electron chi connectivity index (χ2n) is 5.49. The number of ether oxygens (including phenoxy) is 1. The van der Waals surface area contributed by atoms with Gasteiger partial charge in [0.15, 0.2) is 6.61 Å². The van der Waals surface area contributed by atoms with Crippen molar-refractivity contribution in [3.05, 3.63) is 64.6 Å². The minimum absolute atomic E-state index is 0.336. The molecule has 1 amide bonds. The standard InChI is InChI=1S/C19H19BrN2O3/c1-22(2)17-9-7-16(8-10-17)21-18(23)13-25-19(24)11-6-14-4-3-5-15(20)12-14/h3-12H,13H2,1-2H3,(H,21,23)/b11-6+. The van der Waals surface area contributed by atoms with Crippen LogP contribution in [0.1, 0.15) is 5.56 Å².